The number of nitrogens with zero attached hydrogens (tertiary/aromatic N) is 1. The fourth-order valence-electron chi connectivity index (χ4n) is 2.22. The van der Waals surface area contributed by atoms with E-state index in [2.05, 4.69) is 31.1 Å². The number of nitrogens with one attached hydrogen (secondary N) is 1. The first-order valence-corrected chi connectivity index (χ1v) is 6.73. The Balaban J connectivity index is 2.06. The highest BCUT2D eigenvalue weighted by atomic mass is 16.3. The van der Waals surface area contributed by atoms with Crippen molar-refractivity contribution in [1.29, 1.82) is 0 Å². The minimum Gasteiger partial charge on any atom is -0.392 e. The summed E-state index contributed by atoms with van der Waals surface area (Å²) in [5.41, 5.74) is 0. The van der Waals surface area contributed by atoms with Crippen molar-refractivity contribution in [3.05, 3.63) is 0 Å². The Hall–Kier alpha value is -0.120. The van der Waals surface area contributed by atoms with E-state index < -0.39 is 0 Å². The van der Waals surface area contributed by atoms with Crippen molar-refractivity contribution in [2.24, 2.45) is 0 Å². The zero-order valence-electron chi connectivity index (χ0n) is 11.1. The van der Waals surface area contributed by atoms with E-state index in [1.54, 1.807) is 0 Å². The molecule has 0 aromatic heterocycles. The molecule has 0 bridgehead atoms. The summed E-state index contributed by atoms with van der Waals surface area (Å²) < 4.78 is 0. The monoisotopic (exact) mass is 228 g/mol. The summed E-state index contributed by atoms with van der Waals surface area (Å²) in [7, 11) is 2.17. The molecule has 0 amide bonds. The lowest BCUT2D eigenvalue weighted by molar-refractivity contribution is 0.0904. The lowest BCUT2D eigenvalue weighted by Crippen LogP contribution is -2.43. The second-order valence-corrected chi connectivity index (χ2v) is 5.34. The molecule has 0 aromatic rings. The van der Waals surface area contributed by atoms with E-state index in [0.29, 0.717) is 12.1 Å². The molecular formula is C13H28N2O. The van der Waals surface area contributed by atoms with Gasteiger partial charge in [0.15, 0.2) is 0 Å². The summed E-state index contributed by atoms with van der Waals surface area (Å²) in [5, 5.41) is 13.3. The Morgan fingerprint density at radius 3 is 2.62 bits per heavy atom. The summed E-state index contributed by atoms with van der Waals surface area (Å²) in [6.45, 7) is 6.60. The maximum atomic E-state index is 9.79. The smallest absolute Gasteiger partial charge is 0.0693 e. The third-order valence-corrected chi connectivity index (χ3v) is 3.71. The highest BCUT2D eigenvalue weighted by Crippen LogP contribution is 2.18. The van der Waals surface area contributed by atoms with Crippen LogP contribution in [0, 0.1) is 0 Å². The van der Waals surface area contributed by atoms with E-state index in [-0.39, 0.29) is 6.10 Å². The van der Waals surface area contributed by atoms with E-state index >= 15 is 0 Å². The molecule has 1 saturated carbocycles. The molecule has 0 spiro atoms. The minimum atomic E-state index is -0.114. The van der Waals surface area contributed by atoms with E-state index in [1.165, 1.54) is 12.8 Å². The molecule has 2 N–H and O–H groups in total. The van der Waals surface area contributed by atoms with Crippen molar-refractivity contribution >= 4 is 0 Å². The van der Waals surface area contributed by atoms with Crippen LogP contribution in [0.15, 0.2) is 0 Å². The Morgan fingerprint density at radius 1 is 1.31 bits per heavy atom. The molecule has 1 rings (SSSR count). The van der Waals surface area contributed by atoms with Crippen LogP contribution >= 0.6 is 0 Å². The highest BCUT2D eigenvalue weighted by Gasteiger charge is 2.21. The van der Waals surface area contributed by atoms with E-state index in [1.807, 2.05) is 0 Å². The fourth-order valence-corrected chi connectivity index (χ4v) is 2.22. The molecule has 0 aromatic carbocycles. The molecule has 96 valence electrons. The molecule has 16 heavy (non-hydrogen) atoms. The van der Waals surface area contributed by atoms with Gasteiger partial charge in [-0.25, -0.2) is 0 Å². The number of hydrogen-bond donors (Lipinski definition) is 2. The van der Waals surface area contributed by atoms with Gasteiger partial charge in [-0.2, -0.15) is 0 Å². The molecule has 1 aliphatic rings. The molecule has 3 heteroatoms. The standard InChI is InChI=1S/C13H28N2O/c1-11(2)15(3)10-6-9-14-12-7-4-5-8-13(12)16/h11-14,16H,4-10H2,1-3H3/t12-,13-/m0/s1. The quantitative estimate of drug-likeness (QED) is 0.678. The average molecular weight is 228 g/mol. The van der Waals surface area contributed by atoms with Gasteiger partial charge in [-0.3, -0.25) is 0 Å². The normalized spacial score (nSPS) is 26.6. The Kier molecular flexibility index (Phi) is 6.32. The van der Waals surface area contributed by atoms with Gasteiger partial charge in [-0.15, -0.1) is 0 Å². The van der Waals surface area contributed by atoms with E-state index in [4.69, 9.17) is 0 Å². The zero-order valence-corrected chi connectivity index (χ0v) is 11.1. The van der Waals surface area contributed by atoms with E-state index in [9.17, 15) is 5.11 Å². The third kappa shape index (κ3) is 4.81. The van der Waals surface area contributed by atoms with Gasteiger partial charge in [-0.05, 0) is 53.2 Å². The molecule has 3 nitrogen and oxygen atoms in total. The number of rotatable bonds is 6. The molecule has 0 aliphatic heterocycles. The first-order chi connectivity index (χ1) is 7.61. The Morgan fingerprint density at radius 2 is 2.00 bits per heavy atom. The molecule has 0 unspecified atom stereocenters. The van der Waals surface area contributed by atoms with Crippen molar-refractivity contribution in [3.8, 4) is 0 Å². The summed E-state index contributed by atoms with van der Waals surface area (Å²) in [4.78, 5) is 2.36. The van der Waals surface area contributed by atoms with Gasteiger partial charge in [0.1, 0.15) is 0 Å². The first-order valence-electron chi connectivity index (χ1n) is 6.73. The van der Waals surface area contributed by atoms with Crippen LogP contribution in [-0.4, -0.2) is 48.3 Å². The van der Waals surface area contributed by atoms with Crippen molar-refractivity contribution in [1.82, 2.24) is 10.2 Å². The molecule has 2 atom stereocenters. The van der Waals surface area contributed by atoms with Crippen LogP contribution in [0.1, 0.15) is 46.0 Å². The van der Waals surface area contributed by atoms with Gasteiger partial charge in [0.05, 0.1) is 6.10 Å². The van der Waals surface area contributed by atoms with Crippen LogP contribution in [0.3, 0.4) is 0 Å². The first kappa shape index (κ1) is 13.9. The predicted molar refractivity (Wildman–Crippen MR) is 68.6 cm³/mol. The van der Waals surface area contributed by atoms with Gasteiger partial charge in [0, 0.05) is 12.1 Å². The second kappa shape index (κ2) is 7.25. The third-order valence-electron chi connectivity index (χ3n) is 3.71. The lowest BCUT2D eigenvalue weighted by Gasteiger charge is -2.29. The van der Waals surface area contributed by atoms with Crippen LogP contribution < -0.4 is 5.32 Å². The van der Waals surface area contributed by atoms with Gasteiger partial charge in [0.25, 0.3) is 0 Å². The Bertz CT molecular complexity index is 185. The van der Waals surface area contributed by atoms with Gasteiger partial charge in [-0.1, -0.05) is 12.8 Å². The summed E-state index contributed by atoms with van der Waals surface area (Å²) in [6, 6.07) is 0.971. The predicted octanol–water partition coefficient (Wildman–Crippen LogP) is 1.61. The molecule has 1 aliphatic carbocycles. The minimum absolute atomic E-state index is 0.114. The van der Waals surface area contributed by atoms with Gasteiger partial charge < -0.3 is 15.3 Å². The van der Waals surface area contributed by atoms with Crippen LogP contribution in [0.4, 0.5) is 0 Å². The average Bonchev–Trinajstić information content (AvgIpc) is 2.26. The molecule has 1 fully saturated rings. The van der Waals surface area contributed by atoms with Crippen LogP contribution in [0.5, 0.6) is 0 Å². The van der Waals surface area contributed by atoms with E-state index in [0.717, 1.165) is 32.4 Å². The van der Waals surface area contributed by atoms with Gasteiger partial charge >= 0.3 is 0 Å². The molecule has 0 heterocycles. The molecule has 0 radical (unpaired) electrons. The van der Waals surface area contributed by atoms with Crippen molar-refractivity contribution in [3.63, 3.8) is 0 Å². The summed E-state index contributed by atoms with van der Waals surface area (Å²) >= 11 is 0. The summed E-state index contributed by atoms with van der Waals surface area (Å²) in [6.07, 6.45) is 5.62. The Labute approximate surface area is 100 Å². The number of aliphatic hydroxyl groups excluding tert-OH is 1. The highest BCUT2D eigenvalue weighted by molar-refractivity contribution is 4.80. The SMILES string of the molecule is CC(C)N(C)CCCN[C@H]1CCCC[C@@H]1O. The molecule has 0 saturated heterocycles. The topological polar surface area (TPSA) is 35.5 Å². The lowest BCUT2D eigenvalue weighted by atomic mass is 9.92. The number of aliphatic hydroxyl groups is 1. The fraction of sp³-hybridized carbons (Fsp3) is 1.00. The van der Waals surface area contributed by atoms with Crippen molar-refractivity contribution in [2.75, 3.05) is 20.1 Å². The van der Waals surface area contributed by atoms with Crippen LogP contribution in [0.2, 0.25) is 0 Å². The summed E-state index contributed by atoms with van der Waals surface area (Å²) in [5.74, 6) is 0. The maximum absolute atomic E-state index is 9.79. The largest absolute Gasteiger partial charge is 0.392 e. The zero-order chi connectivity index (χ0) is 12.0. The van der Waals surface area contributed by atoms with Crippen LogP contribution in [-0.2, 0) is 0 Å². The van der Waals surface area contributed by atoms with Crippen molar-refractivity contribution < 1.29 is 5.11 Å². The second-order valence-electron chi connectivity index (χ2n) is 5.34. The maximum Gasteiger partial charge on any atom is 0.0693 e. The van der Waals surface area contributed by atoms with Crippen LogP contribution in [0.25, 0.3) is 0 Å². The molecular weight excluding hydrogens is 200 g/mol. The van der Waals surface area contributed by atoms with Crippen molar-refractivity contribution in [2.45, 2.75) is 64.1 Å². The number of hydrogen-bond acceptors (Lipinski definition) is 3. The van der Waals surface area contributed by atoms with Gasteiger partial charge in [0.2, 0.25) is 0 Å².